The maximum atomic E-state index is 11.8. The highest BCUT2D eigenvalue weighted by molar-refractivity contribution is 5.94. The molecule has 1 aromatic rings. The molecule has 5 heteroatoms. The number of aromatic nitrogens is 1. The van der Waals surface area contributed by atoms with E-state index in [4.69, 9.17) is 0 Å². The molecule has 1 saturated heterocycles. The normalized spacial score (nSPS) is 19.5. The highest BCUT2D eigenvalue weighted by atomic mass is 16.2. The van der Waals surface area contributed by atoms with Crippen molar-refractivity contribution < 1.29 is 9.59 Å². The van der Waals surface area contributed by atoms with Gasteiger partial charge in [0, 0.05) is 31.9 Å². The zero-order chi connectivity index (χ0) is 12.4. The molecule has 2 amide bonds. The highest BCUT2D eigenvalue weighted by Crippen LogP contribution is 2.09. The number of likely N-dealkylation sites (N-methyl/N-ethyl adjacent to an activating group) is 1. The van der Waals surface area contributed by atoms with Crippen molar-refractivity contribution in [2.24, 2.45) is 0 Å². The third kappa shape index (κ3) is 2.61. The molecule has 90 valence electrons. The van der Waals surface area contributed by atoms with Crippen LogP contribution in [0.15, 0.2) is 18.3 Å². The van der Waals surface area contributed by atoms with Crippen LogP contribution in [0.3, 0.4) is 0 Å². The number of likely N-dealkylation sites (tertiary alicyclic amines) is 1. The van der Waals surface area contributed by atoms with Crippen molar-refractivity contribution in [1.82, 2.24) is 15.2 Å². The summed E-state index contributed by atoms with van der Waals surface area (Å²) in [5.74, 6) is -0.108. The number of aryl methyl sites for hydroxylation is 1. The summed E-state index contributed by atoms with van der Waals surface area (Å²) in [6, 6.07) is 3.43. The van der Waals surface area contributed by atoms with Gasteiger partial charge in [0.1, 0.15) is 0 Å². The molecule has 0 aliphatic carbocycles. The van der Waals surface area contributed by atoms with Crippen LogP contribution in [0.4, 0.5) is 0 Å². The first kappa shape index (κ1) is 11.6. The number of hydrogen-bond donors (Lipinski definition) is 1. The van der Waals surface area contributed by atoms with Crippen LogP contribution in [-0.4, -0.2) is 41.3 Å². The third-order valence-electron chi connectivity index (χ3n) is 2.85. The fourth-order valence-electron chi connectivity index (χ4n) is 1.83. The number of hydrogen-bond acceptors (Lipinski definition) is 3. The first-order valence-electron chi connectivity index (χ1n) is 5.54. The predicted octanol–water partition coefficient (Wildman–Crippen LogP) is 0.351. The van der Waals surface area contributed by atoms with E-state index < -0.39 is 0 Å². The van der Waals surface area contributed by atoms with Crippen molar-refractivity contribution in [2.45, 2.75) is 19.4 Å². The van der Waals surface area contributed by atoms with E-state index in [0.29, 0.717) is 18.5 Å². The van der Waals surface area contributed by atoms with E-state index in [1.165, 1.54) is 0 Å². The quantitative estimate of drug-likeness (QED) is 0.801. The van der Waals surface area contributed by atoms with Crippen LogP contribution < -0.4 is 5.32 Å². The Morgan fingerprint density at radius 2 is 2.29 bits per heavy atom. The third-order valence-corrected chi connectivity index (χ3v) is 2.85. The Morgan fingerprint density at radius 3 is 2.82 bits per heavy atom. The molecule has 0 bridgehead atoms. The van der Waals surface area contributed by atoms with Crippen molar-refractivity contribution in [3.8, 4) is 0 Å². The molecule has 0 spiro atoms. The molecule has 1 atom stereocenters. The summed E-state index contributed by atoms with van der Waals surface area (Å²) < 4.78 is 0. The second kappa shape index (κ2) is 4.53. The minimum absolute atomic E-state index is 0.0670. The van der Waals surface area contributed by atoms with Gasteiger partial charge >= 0.3 is 0 Å². The monoisotopic (exact) mass is 233 g/mol. The first-order valence-corrected chi connectivity index (χ1v) is 5.54. The largest absolute Gasteiger partial charge is 0.347 e. The van der Waals surface area contributed by atoms with Crippen molar-refractivity contribution >= 4 is 11.8 Å². The van der Waals surface area contributed by atoms with Gasteiger partial charge in [-0.05, 0) is 19.1 Å². The smallest absolute Gasteiger partial charge is 0.253 e. The summed E-state index contributed by atoms with van der Waals surface area (Å²) in [6.07, 6.45) is 1.92. The van der Waals surface area contributed by atoms with Gasteiger partial charge in [-0.25, -0.2) is 0 Å². The highest BCUT2D eigenvalue weighted by Gasteiger charge is 2.27. The summed E-state index contributed by atoms with van der Waals surface area (Å²) in [4.78, 5) is 28.8. The molecule has 2 heterocycles. The Hall–Kier alpha value is -1.91. The van der Waals surface area contributed by atoms with Crippen LogP contribution in [0.25, 0.3) is 0 Å². The number of rotatable bonds is 2. The van der Waals surface area contributed by atoms with Crippen LogP contribution in [0.1, 0.15) is 22.5 Å². The van der Waals surface area contributed by atoms with E-state index >= 15 is 0 Å². The van der Waals surface area contributed by atoms with Crippen molar-refractivity contribution in [2.75, 3.05) is 13.6 Å². The van der Waals surface area contributed by atoms with Crippen LogP contribution in [0.2, 0.25) is 0 Å². The topological polar surface area (TPSA) is 62.3 Å². The molecule has 5 nitrogen and oxygen atoms in total. The summed E-state index contributed by atoms with van der Waals surface area (Å²) in [5, 5.41) is 2.83. The van der Waals surface area contributed by atoms with Crippen LogP contribution in [0.5, 0.6) is 0 Å². The number of carbonyl (C=O) groups excluding carboxylic acids is 2. The van der Waals surface area contributed by atoms with Gasteiger partial charge in [0.25, 0.3) is 5.91 Å². The van der Waals surface area contributed by atoms with Gasteiger partial charge in [0.2, 0.25) is 5.91 Å². The minimum Gasteiger partial charge on any atom is -0.347 e. The van der Waals surface area contributed by atoms with Gasteiger partial charge in [0.15, 0.2) is 0 Å². The molecule has 1 N–H and O–H groups in total. The van der Waals surface area contributed by atoms with Gasteiger partial charge in [-0.3, -0.25) is 14.6 Å². The molecule has 0 radical (unpaired) electrons. The summed E-state index contributed by atoms with van der Waals surface area (Å²) >= 11 is 0. The number of amides is 2. The van der Waals surface area contributed by atoms with Crippen molar-refractivity contribution in [3.63, 3.8) is 0 Å². The number of pyridine rings is 1. The molecule has 1 aromatic heterocycles. The Balaban J connectivity index is 1.98. The molecule has 17 heavy (non-hydrogen) atoms. The first-order chi connectivity index (χ1) is 8.06. The van der Waals surface area contributed by atoms with Gasteiger partial charge in [-0.1, -0.05) is 0 Å². The molecule has 0 saturated carbocycles. The zero-order valence-corrected chi connectivity index (χ0v) is 9.93. The zero-order valence-electron chi connectivity index (χ0n) is 9.93. The van der Waals surface area contributed by atoms with Gasteiger partial charge in [0.05, 0.1) is 11.6 Å². The van der Waals surface area contributed by atoms with Gasteiger partial charge < -0.3 is 10.2 Å². The molecule has 0 unspecified atom stereocenters. The average molecular weight is 233 g/mol. The van der Waals surface area contributed by atoms with E-state index in [1.54, 1.807) is 30.3 Å². The van der Waals surface area contributed by atoms with Crippen LogP contribution >= 0.6 is 0 Å². The lowest BCUT2D eigenvalue weighted by atomic mass is 10.2. The molecule has 1 aliphatic rings. The van der Waals surface area contributed by atoms with Crippen LogP contribution in [0, 0.1) is 6.92 Å². The summed E-state index contributed by atoms with van der Waals surface area (Å²) in [7, 11) is 1.74. The van der Waals surface area contributed by atoms with E-state index in [9.17, 15) is 9.59 Å². The lowest BCUT2D eigenvalue weighted by molar-refractivity contribution is -0.126. The second-order valence-electron chi connectivity index (χ2n) is 4.34. The van der Waals surface area contributed by atoms with Gasteiger partial charge in [-0.15, -0.1) is 0 Å². The molecule has 1 fully saturated rings. The maximum Gasteiger partial charge on any atom is 0.253 e. The molecule has 1 aliphatic heterocycles. The molecule has 0 aromatic carbocycles. The number of carbonyl (C=O) groups is 2. The standard InChI is InChI=1S/C12H15N3O2/c1-8-3-4-9(6-13-8)12(17)14-10-5-11(16)15(2)7-10/h3-4,6,10H,5,7H2,1-2H3,(H,14,17)/t10-/m1/s1. The van der Waals surface area contributed by atoms with Gasteiger partial charge in [-0.2, -0.15) is 0 Å². The lowest BCUT2D eigenvalue weighted by Gasteiger charge is -2.12. The minimum atomic E-state index is -0.175. The number of nitrogens with one attached hydrogen (secondary N) is 1. The molecular formula is C12H15N3O2. The average Bonchev–Trinajstić information content (AvgIpc) is 2.58. The lowest BCUT2D eigenvalue weighted by Crippen LogP contribution is -2.36. The SMILES string of the molecule is Cc1ccc(C(=O)N[C@@H]2CC(=O)N(C)C2)cn1. The van der Waals surface area contributed by atoms with E-state index in [1.807, 2.05) is 6.92 Å². The predicted molar refractivity (Wildman–Crippen MR) is 62.5 cm³/mol. The Kier molecular flexibility index (Phi) is 3.08. The number of nitrogens with zero attached hydrogens (tertiary/aromatic N) is 2. The molecular weight excluding hydrogens is 218 g/mol. The fourth-order valence-corrected chi connectivity index (χ4v) is 1.83. The van der Waals surface area contributed by atoms with E-state index in [0.717, 1.165) is 5.69 Å². The maximum absolute atomic E-state index is 11.8. The van der Waals surface area contributed by atoms with Crippen molar-refractivity contribution in [1.29, 1.82) is 0 Å². The van der Waals surface area contributed by atoms with Crippen molar-refractivity contribution in [3.05, 3.63) is 29.6 Å². The summed E-state index contributed by atoms with van der Waals surface area (Å²) in [6.45, 7) is 2.44. The fraction of sp³-hybridized carbons (Fsp3) is 0.417. The molecule has 2 rings (SSSR count). The Bertz CT molecular complexity index is 442. The summed E-state index contributed by atoms with van der Waals surface area (Å²) in [5.41, 5.74) is 1.40. The second-order valence-corrected chi connectivity index (χ2v) is 4.34. The van der Waals surface area contributed by atoms with E-state index in [2.05, 4.69) is 10.3 Å². The van der Waals surface area contributed by atoms with Crippen LogP contribution in [-0.2, 0) is 4.79 Å². The van der Waals surface area contributed by atoms with E-state index in [-0.39, 0.29) is 17.9 Å². The Morgan fingerprint density at radius 1 is 1.53 bits per heavy atom. The Labute approximate surface area is 99.8 Å².